The molecular formula is C11H8F2N2O4. The second kappa shape index (κ2) is 4.56. The van der Waals surface area contributed by atoms with Crippen LogP contribution >= 0.6 is 0 Å². The first-order valence-corrected chi connectivity index (χ1v) is 4.99. The molecule has 6 nitrogen and oxygen atoms in total. The number of hydrogen-bond donors (Lipinski definition) is 3. The summed E-state index contributed by atoms with van der Waals surface area (Å²) in [4.78, 5) is 10.7. The van der Waals surface area contributed by atoms with Gasteiger partial charge in [0.1, 0.15) is 11.5 Å². The molecular weight excluding hydrogens is 262 g/mol. The molecule has 0 aliphatic heterocycles. The molecule has 2 aromatic rings. The van der Waals surface area contributed by atoms with E-state index in [0.29, 0.717) is 6.07 Å². The maximum absolute atomic E-state index is 13.7. The minimum atomic E-state index is -1.30. The molecule has 0 unspecified atom stereocenters. The number of carbonyl (C=O) groups is 1. The number of aromatic carboxylic acids is 1. The van der Waals surface area contributed by atoms with Gasteiger partial charge in [0.15, 0.2) is 17.3 Å². The Hall–Kier alpha value is -2.64. The SMILES string of the molecule is COc1c(F)cc(F)c(-c2cc(C(=O)O)[nH]n2)c1O. The summed E-state index contributed by atoms with van der Waals surface area (Å²) in [7, 11) is 1.10. The van der Waals surface area contributed by atoms with Crippen LogP contribution in [0.2, 0.25) is 0 Å². The Bertz CT molecular complexity index is 654. The quantitative estimate of drug-likeness (QED) is 0.790. The fourth-order valence-electron chi connectivity index (χ4n) is 1.59. The lowest BCUT2D eigenvalue weighted by Gasteiger charge is -2.09. The van der Waals surface area contributed by atoms with E-state index >= 15 is 0 Å². The van der Waals surface area contributed by atoms with Gasteiger partial charge in [-0.2, -0.15) is 5.10 Å². The fraction of sp³-hybridized carbons (Fsp3) is 0.0909. The summed E-state index contributed by atoms with van der Waals surface area (Å²) < 4.78 is 31.6. The van der Waals surface area contributed by atoms with Crippen molar-refractivity contribution in [2.45, 2.75) is 0 Å². The zero-order valence-corrected chi connectivity index (χ0v) is 9.57. The number of phenols is 1. The molecule has 100 valence electrons. The predicted octanol–water partition coefficient (Wildman–Crippen LogP) is 1.77. The molecule has 0 aliphatic carbocycles. The third-order valence-electron chi connectivity index (χ3n) is 2.43. The van der Waals surface area contributed by atoms with Crippen molar-refractivity contribution in [3.05, 3.63) is 29.5 Å². The molecule has 3 N–H and O–H groups in total. The van der Waals surface area contributed by atoms with Gasteiger partial charge >= 0.3 is 5.97 Å². The van der Waals surface area contributed by atoms with Crippen LogP contribution in [-0.2, 0) is 0 Å². The molecule has 0 amide bonds. The van der Waals surface area contributed by atoms with Gasteiger partial charge in [-0.15, -0.1) is 0 Å². The monoisotopic (exact) mass is 270 g/mol. The Balaban J connectivity index is 2.64. The van der Waals surface area contributed by atoms with E-state index in [-0.39, 0.29) is 11.4 Å². The first kappa shape index (κ1) is 12.8. The fourth-order valence-corrected chi connectivity index (χ4v) is 1.59. The van der Waals surface area contributed by atoms with Crippen molar-refractivity contribution in [3.8, 4) is 22.8 Å². The number of rotatable bonds is 3. The minimum Gasteiger partial charge on any atom is -0.504 e. The number of hydrogen-bond acceptors (Lipinski definition) is 4. The lowest BCUT2D eigenvalue weighted by Crippen LogP contribution is -1.95. The molecule has 1 heterocycles. The second-order valence-corrected chi connectivity index (χ2v) is 3.57. The van der Waals surface area contributed by atoms with Crippen molar-refractivity contribution < 1.29 is 28.5 Å². The highest BCUT2D eigenvalue weighted by atomic mass is 19.1. The number of benzene rings is 1. The molecule has 2 rings (SSSR count). The van der Waals surface area contributed by atoms with Gasteiger partial charge in [-0.1, -0.05) is 0 Å². The Morgan fingerprint density at radius 2 is 2.05 bits per heavy atom. The Morgan fingerprint density at radius 1 is 1.37 bits per heavy atom. The zero-order chi connectivity index (χ0) is 14.2. The Labute approximate surface area is 105 Å². The number of aromatic nitrogens is 2. The third-order valence-corrected chi connectivity index (χ3v) is 2.43. The number of aromatic hydroxyl groups is 1. The van der Waals surface area contributed by atoms with E-state index in [1.807, 2.05) is 0 Å². The van der Waals surface area contributed by atoms with Crippen LogP contribution in [0.25, 0.3) is 11.3 Å². The van der Waals surface area contributed by atoms with Crippen molar-refractivity contribution in [2.75, 3.05) is 7.11 Å². The predicted molar refractivity (Wildman–Crippen MR) is 59.1 cm³/mol. The molecule has 1 aromatic heterocycles. The highest BCUT2D eigenvalue weighted by molar-refractivity contribution is 5.87. The van der Waals surface area contributed by atoms with Crippen molar-refractivity contribution in [3.63, 3.8) is 0 Å². The lowest BCUT2D eigenvalue weighted by molar-refractivity contribution is 0.0690. The summed E-state index contributed by atoms with van der Waals surface area (Å²) in [6, 6.07) is 1.53. The van der Waals surface area contributed by atoms with E-state index in [9.17, 15) is 18.7 Å². The van der Waals surface area contributed by atoms with Gasteiger partial charge in [0.05, 0.1) is 18.4 Å². The van der Waals surface area contributed by atoms with Crippen LogP contribution in [0.3, 0.4) is 0 Å². The molecule has 1 aromatic carbocycles. The first-order valence-electron chi connectivity index (χ1n) is 4.99. The molecule has 8 heteroatoms. The van der Waals surface area contributed by atoms with E-state index in [1.54, 1.807) is 0 Å². The average Bonchev–Trinajstić information content (AvgIpc) is 2.78. The molecule has 0 spiro atoms. The first-order chi connectivity index (χ1) is 8.95. The summed E-state index contributed by atoms with van der Waals surface area (Å²) in [5.74, 6) is -4.79. The zero-order valence-electron chi connectivity index (χ0n) is 9.57. The standard InChI is InChI=1S/C11H8F2N2O4/c1-19-10-5(13)2-4(12)8(9(10)16)6-3-7(11(17)18)15-14-6/h2-3,16H,1H3,(H,14,15)(H,17,18). The van der Waals surface area contributed by atoms with Gasteiger partial charge < -0.3 is 14.9 Å². The number of aromatic amines is 1. The number of methoxy groups -OCH3 is 1. The van der Waals surface area contributed by atoms with Crippen LogP contribution in [-0.4, -0.2) is 33.5 Å². The molecule has 0 radical (unpaired) electrons. The third kappa shape index (κ3) is 2.07. The van der Waals surface area contributed by atoms with Crippen molar-refractivity contribution >= 4 is 5.97 Å². The topological polar surface area (TPSA) is 95.4 Å². The average molecular weight is 270 g/mol. The Kier molecular flexibility index (Phi) is 3.07. The molecule has 0 atom stereocenters. The summed E-state index contributed by atoms with van der Waals surface area (Å²) in [6.07, 6.45) is 0. The second-order valence-electron chi connectivity index (χ2n) is 3.57. The summed E-state index contributed by atoms with van der Waals surface area (Å²) in [6.45, 7) is 0. The van der Waals surface area contributed by atoms with Crippen LogP contribution in [0.1, 0.15) is 10.5 Å². The highest BCUT2D eigenvalue weighted by Gasteiger charge is 2.22. The van der Waals surface area contributed by atoms with Gasteiger partial charge in [-0.25, -0.2) is 13.6 Å². The normalized spacial score (nSPS) is 10.5. The molecule has 0 fully saturated rings. The number of ether oxygens (including phenoxy) is 1. The number of phenolic OH excluding ortho intramolecular Hbond substituents is 1. The summed E-state index contributed by atoms with van der Waals surface area (Å²) in [5.41, 5.74) is -0.912. The molecule has 0 bridgehead atoms. The molecule has 0 saturated carbocycles. The molecule has 19 heavy (non-hydrogen) atoms. The van der Waals surface area contributed by atoms with Crippen LogP contribution in [0, 0.1) is 11.6 Å². The van der Waals surface area contributed by atoms with E-state index in [0.717, 1.165) is 13.2 Å². The van der Waals surface area contributed by atoms with Gasteiger partial charge in [-0.3, -0.25) is 5.10 Å². The smallest absolute Gasteiger partial charge is 0.353 e. The number of nitrogens with zero attached hydrogens (tertiary/aromatic N) is 1. The maximum atomic E-state index is 13.7. The highest BCUT2D eigenvalue weighted by Crippen LogP contribution is 2.40. The van der Waals surface area contributed by atoms with Gasteiger partial charge in [0, 0.05) is 6.07 Å². The summed E-state index contributed by atoms with van der Waals surface area (Å²) >= 11 is 0. The van der Waals surface area contributed by atoms with Gasteiger partial charge in [-0.05, 0) is 6.07 Å². The number of H-pyrrole nitrogens is 1. The number of nitrogens with one attached hydrogen (secondary N) is 1. The van der Waals surface area contributed by atoms with Crippen molar-refractivity contribution in [2.24, 2.45) is 0 Å². The summed E-state index contributed by atoms with van der Waals surface area (Å²) in [5, 5.41) is 24.2. The van der Waals surface area contributed by atoms with E-state index in [1.165, 1.54) is 0 Å². The van der Waals surface area contributed by atoms with Crippen molar-refractivity contribution in [1.82, 2.24) is 10.2 Å². The van der Waals surface area contributed by atoms with Crippen LogP contribution in [0.4, 0.5) is 8.78 Å². The van der Waals surface area contributed by atoms with E-state index in [4.69, 9.17) is 5.11 Å². The van der Waals surface area contributed by atoms with Crippen molar-refractivity contribution in [1.29, 1.82) is 0 Å². The minimum absolute atomic E-state index is 0.175. The molecule has 0 aliphatic rings. The van der Waals surface area contributed by atoms with E-state index in [2.05, 4.69) is 14.9 Å². The number of halogens is 2. The van der Waals surface area contributed by atoms with Gasteiger partial charge in [0.2, 0.25) is 0 Å². The molecule has 0 saturated heterocycles. The lowest BCUT2D eigenvalue weighted by atomic mass is 10.1. The maximum Gasteiger partial charge on any atom is 0.353 e. The largest absolute Gasteiger partial charge is 0.504 e. The Morgan fingerprint density at radius 3 is 2.58 bits per heavy atom. The van der Waals surface area contributed by atoms with Crippen LogP contribution in [0.5, 0.6) is 11.5 Å². The van der Waals surface area contributed by atoms with Crippen LogP contribution in [0.15, 0.2) is 12.1 Å². The van der Waals surface area contributed by atoms with E-state index < -0.39 is 34.7 Å². The number of carboxylic acids is 1. The van der Waals surface area contributed by atoms with Gasteiger partial charge in [0.25, 0.3) is 0 Å². The number of carboxylic acid groups (broad SMARTS) is 1. The van der Waals surface area contributed by atoms with Crippen LogP contribution < -0.4 is 4.74 Å².